The fraction of sp³-hybridized carbons (Fsp3) is 0.167. The minimum absolute atomic E-state index is 0.108. The molecule has 0 unspecified atom stereocenters. The maximum absolute atomic E-state index is 13.7. The smallest absolute Gasteiger partial charge is 0.272 e. The molecule has 0 bridgehead atoms. The van der Waals surface area contributed by atoms with Gasteiger partial charge in [-0.2, -0.15) is 0 Å². The highest BCUT2D eigenvalue weighted by Gasteiger charge is 2.15. The summed E-state index contributed by atoms with van der Waals surface area (Å²) in [6.07, 6.45) is 0. The molecular weight excluding hydrogens is 333 g/mol. The molecule has 0 amide bonds. The van der Waals surface area contributed by atoms with Gasteiger partial charge in [-0.05, 0) is 25.2 Å². The normalized spacial score (nSPS) is 11.4. The Hall–Kier alpha value is -2.04. The number of hydrogen-bond donors (Lipinski definition) is 2. The van der Waals surface area contributed by atoms with E-state index in [-0.39, 0.29) is 22.1 Å². The van der Waals surface area contributed by atoms with Crippen molar-refractivity contribution in [2.24, 2.45) is 0 Å². The van der Waals surface area contributed by atoms with E-state index in [1.165, 1.54) is 25.2 Å². The molecular formula is C12H12FN3O4S2. The molecule has 0 aliphatic rings. The van der Waals surface area contributed by atoms with E-state index >= 15 is 0 Å². The van der Waals surface area contributed by atoms with Crippen LogP contribution in [0.3, 0.4) is 0 Å². The highest BCUT2D eigenvalue weighted by Crippen LogP contribution is 2.24. The van der Waals surface area contributed by atoms with Crippen LogP contribution in [-0.4, -0.2) is 20.4 Å². The van der Waals surface area contributed by atoms with Gasteiger partial charge in [-0.3, -0.25) is 10.1 Å². The number of sulfonamides is 1. The first-order valence-corrected chi connectivity index (χ1v) is 8.33. The lowest BCUT2D eigenvalue weighted by Crippen LogP contribution is -2.17. The lowest BCUT2D eigenvalue weighted by Gasteiger charge is -2.05. The van der Waals surface area contributed by atoms with Gasteiger partial charge in [0, 0.05) is 17.5 Å². The molecule has 0 saturated heterocycles. The van der Waals surface area contributed by atoms with Crippen molar-refractivity contribution in [1.29, 1.82) is 0 Å². The molecule has 1 aromatic heterocycles. The van der Waals surface area contributed by atoms with Gasteiger partial charge in [0.25, 0.3) is 5.69 Å². The van der Waals surface area contributed by atoms with Gasteiger partial charge in [-0.15, -0.1) is 11.3 Å². The molecule has 0 radical (unpaired) electrons. The lowest BCUT2D eigenvalue weighted by molar-refractivity contribution is -0.385. The molecule has 0 fully saturated rings. The SMILES string of the molecule is CNS(=O)(=O)c1ccc(CNc2ccc([N+](=O)[O-])cc2F)s1. The number of halogens is 1. The van der Waals surface area contributed by atoms with Crippen molar-refractivity contribution < 1.29 is 17.7 Å². The van der Waals surface area contributed by atoms with E-state index in [1.54, 1.807) is 6.07 Å². The quantitative estimate of drug-likeness (QED) is 0.618. The molecule has 118 valence electrons. The van der Waals surface area contributed by atoms with Crippen LogP contribution >= 0.6 is 11.3 Å². The van der Waals surface area contributed by atoms with Gasteiger partial charge in [0.1, 0.15) is 4.21 Å². The minimum Gasteiger partial charge on any atom is -0.378 e. The van der Waals surface area contributed by atoms with Crippen molar-refractivity contribution in [2.45, 2.75) is 10.8 Å². The van der Waals surface area contributed by atoms with E-state index in [1.807, 2.05) is 0 Å². The van der Waals surface area contributed by atoms with Crippen LogP contribution in [0, 0.1) is 15.9 Å². The minimum atomic E-state index is -3.49. The second-order valence-corrected chi connectivity index (χ2v) is 7.48. The Labute approximate surface area is 130 Å². The third kappa shape index (κ3) is 3.59. The number of thiophene rings is 1. The predicted octanol–water partition coefficient (Wildman–Crippen LogP) is 2.32. The predicted molar refractivity (Wildman–Crippen MR) is 80.9 cm³/mol. The molecule has 2 aromatic rings. The third-order valence-corrected chi connectivity index (χ3v) is 5.78. The molecule has 0 aliphatic carbocycles. The van der Waals surface area contributed by atoms with Crippen LogP contribution in [0.15, 0.2) is 34.5 Å². The van der Waals surface area contributed by atoms with Gasteiger partial charge in [-0.25, -0.2) is 17.5 Å². The van der Waals surface area contributed by atoms with Crippen molar-refractivity contribution >= 4 is 32.7 Å². The van der Waals surface area contributed by atoms with Crippen LogP contribution in [0.25, 0.3) is 0 Å². The van der Waals surface area contributed by atoms with Crippen molar-refractivity contribution in [3.05, 3.63) is 51.1 Å². The van der Waals surface area contributed by atoms with Crippen LogP contribution in [0.5, 0.6) is 0 Å². The summed E-state index contributed by atoms with van der Waals surface area (Å²) in [4.78, 5) is 10.5. The number of nitrogens with zero attached hydrogens (tertiary/aromatic N) is 1. The molecule has 0 aliphatic heterocycles. The Morgan fingerprint density at radius 3 is 2.64 bits per heavy atom. The van der Waals surface area contributed by atoms with Crippen LogP contribution < -0.4 is 10.0 Å². The summed E-state index contributed by atoms with van der Waals surface area (Å²) in [6.45, 7) is 0.207. The number of nitro groups is 1. The molecule has 0 saturated carbocycles. The zero-order valence-corrected chi connectivity index (χ0v) is 13.0. The van der Waals surface area contributed by atoms with Gasteiger partial charge < -0.3 is 5.32 Å². The van der Waals surface area contributed by atoms with Gasteiger partial charge in [0.2, 0.25) is 10.0 Å². The Morgan fingerprint density at radius 2 is 2.05 bits per heavy atom. The van der Waals surface area contributed by atoms with Crippen LogP contribution in [0.2, 0.25) is 0 Å². The number of non-ortho nitro benzene ring substituents is 1. The first-order chi connectivity index (χ1) is 10.3. The molecule has 1 heterocycles. The molecule has 2 N–H and O–H groups in total. The van der Waals surface area contributed by atoms with E-state index in [4.69, 9.17) is 0 Å². The maximum atomic E-state index is 13.7. The van der Waals surface area contributed by atoms with Gasteiger partial charge in [0.05, 0.1) is 16.7 Å². The first-order valence-electron chi connectivity index (χ1n) is 6.03. The Bertz CT molecular complexity index is 804. The Kier molecular flexibility index (Phi) is 4.74. The van der Waals surface area contributed by atoms with E-state index in [2.05, 4.69) is 10.0 Å². The van der Waals surface area contributed by atoms with Gasteiger partial charge >= 0.3 is 0 Å². The average molecular weight is 345 g/mol. The molecule has 0 spiro atoms. The van der Waals surface area contributed by atoms with E-state index in [9.17, 15) is 22.9 Å². The molecule has 0 atom stereocenters. The number of hydrogen-bond acceptors (Lipinski definition) is 6. The maximum Gasteiger partial charge on any atom is 0.272 e. The second kappa shape index (κ2) is 6.38. The van der Waals surface area contributed by atoms with Crippen molar-refractivity contribution in [3.63, 3.8) is 0 Å². The molecule has 7 nitrogen and oxygen atoms in total. The summed E-state index contributed by atoms with van der Waals surface area (Å²) in [6, 6.07) is 6.36. The molecule has 1 aromatic carbocycles. The van der Waals surface area contributed by atoms with Crippen molar-refractivity contribution in [3.8, 4) is 0 Å². The summed E-state index contributed by atoms with van der Waals surface area (Å²) >= 11 is 1.05. The monoisotopic (exact) mass is 345 g/mol. The van der Waals surface area contributed by atoms with Crippen LogP contribution in [0.4, 0.5) is 15.8 Å². The molecule has 10 heteroatoms. The number of rotatable bonds is 6. The van der Waals surface area contributed by atoms with Crippen LogP contribution in [0.1, 0.15) is 4.88 Å². The van der Waals surface area contributed by atoms with Gasteiger partial charge in [0.15, 0.2) is 5.82 Å². The van der Waals surface area contributed by atoms with E-state index in [0.29, 0.717) is 4.88 Å². The van der Waals surface area contributed by atoms with E-state index < -0.39 is 20.8 Å². The average Bonchev–Trinajstić information content (AvgIpc) is 2.95. The highest BCUT2D eigenvalue weighted by atomic mass is 32.2. The van der Waals surface area contributed by atoms with Crippen molar-refractivity contribution in [2.75, 3.05) is 12.4 Å². The third-order valence-electron chi connectivity index (χ3n) is 2.79. The Balaban J connectivity index is 2.09. The lowest BCUT2D eigenvalue weighted by atomic mass is 10.2. The Morgan fingerprint density at radius 1 is 1.32 bits per heavy atom. The fourth-order valence-corrected chi connectivity index (χ4v) is 3.77. The zero-order chi connectivity index (χ0) is 16.3. The number of benzene rings is 1. The first kappa shape index (κ1) is 16.3. The summed E-state index contributed by atoms with van der Waals surface area (Å²) in [5.41, 5.74) is -0.224. The van der Waals surface area contributed by atoms with Gasteiger partial charge in [-0.1, -0.05) is 0 Å². The summed E-state index contributed by atoms with van der Waals surface area (Å²) < 4.78 is 39.3. The topological polar surface area (TPSA) is 101 Å². The summed E-state index contributed by atoms with van der Waals surface area (Å²) in [5.74, 6) is -0.742. The number of nitrogens with one attached hydrogen (secondary N) is 2. The van der Waals surface area contributed by atoms with Crippen molar-refractivity contribution in [1.82, 2.24) is 4.72 Å². The number of anilines is 1. The summed E-state index contributed by atoms with van der Waals surface area (Å²) in [7, 11) is -2.17. The zero-order valence-electron chi connectivity index (χ0n) is 11.4. The highest BCUT2D eigenvalue weighted by molar-refractivity contribution is 7.91. The largest absolute Gasteiger partial charge is 0.378 e. The second-order valence-electron chi connectivity index (χ2n) is 4.20. The van der Waals surface area contributed by atoms with E-state index in [0.717, 1.165) is 17.4 Å². The van der Waals surface area contributed by atoms with Crippen LogP contribution in [-0.2, 0) is 16.6 Å². The molecule has 22 heavy (non-hydrogen) atoms. The summed E-state index contributed by atoms with van der Waals surface area (Å²) in [5, 5.41) is 13.3. The molecule has 2 rings (SSSR count). The number of nitro benzene ring substituents is 1. The fourth-order valence-electron chi connectivity index (χ4n) is 1.64. The standard InChI is InChI=1S/C12H12FN3O4S2/c1-14-22(19,20)12-5-3-9(21-12)7-15-11-4-2-8(16(17)18)6-10(11)13/h2-6,14-15H,7H2,1H3.